The molecule has 2 heterocycles. The zero-order valence-electron chi connectivity index (χ0n) is 28.8. The summed E-state index contributed by atoms with van der Waals surface area (Å²) in [6.45, 7) is 13.0. The maximum Gasteiger partial charge on any atom is 0.335 e. The molecule has 0 aliphatic carbocycles. The van der Waals surface area contributed by atoms with E-state index in [9.17, 15) is 18.8 Å². The Kier molecular flexibility index (Phi) is 15.4. The number of aliphatic carboxylic acids is 2. The third kappa shape index (κ3) is 13.7. The zero-order chi connectivity index (χ0) is 36.1. The second kappa shape index (κ2) is 19.0. The van der Waals surface area contributed by atoms with E-state index in [1.807, 2.05) is 43.0 Å². The molecule has 4 N–H and O–H groups in total. The Morgan fingerprint density at radius 2 is 1.51 bits per heavy atom. The van der Waals surface area contributed by atoms with E-state index in [1.165, 1.54) is 12.1 Å². The Balaban J connectivity index is 0.000000565. The number of hydrogen-bond acceptors (Lipinski definition) is 9. The first-order valence-electron chi connectivity index (χ1n) is 16.7. The van der Waals surface area contributed by atoms with Crippen molar-refractivity contribution in [3.63, 3.8) is 0 Å². The molecule has 2 aromatic rings. The van der Waals surface area contributed by atoms with Gasteiger partial charge in [-0.1, -0.05) is 38.1 Å². The van der Waals surface area contributed by atoms with Gasteiger partial charge >= 0.3 is 11.9 Å². The second-order valence-electron chi connectivity index (χ2n) is 13.4. The van der Waals surface area contributed by atoms with Crippen LogP contribution in [0.15, 0.2) is 48.5 Å². The number of rotatable bonds is 14. The molecule has 0 aromatic heterocycles. The second-order valence-corrected chi connectivity index (χ2v) is 13.4. The number of likely N-dealkylation sites (tertiary alicyclic amines) is 1. The minimum absolute atomic E-state index is 0.103. The molecule has 3 atom stereocenters. The Morgan fingerprint density at radius 3 is 2.04 bits per heavy atom. The lowest BCUT2D eigenvalue weighted by Gasteiger charge is -2.40. The first-order chi connectivity index (χ1) is 23.1. The van der Waals surface area contributed by atoms with Crippen LogP contribution in [0.1, 0.15) is 64.5 Å². The van der Waals surface area contributed by atoms with Crippen molar-refractivity contribution in [2.45, 2.75) is 96.5 Å². The van der Waals surface area contributed by atoms with Gasteiger partial charge in [-0.15, -0.1) is 0 Å². The smallest absolute Gasteiger partial charge is 0.335 e. The van der Waals surface area contributed by atoms with Crippen LogP contribution in [0, 0.1) is 11.7 Å². The summed E-state index contributed by atoms with van der Waals surface area (Å²) >= 11 is 0. The van der Waals surface area contributed by atoms with Gasteiger partial charge in [-0.2, -0.15) is 0 Å². The fourth-order valence-electron chi connectivity index (χ4n) is 5.64. The molecule has 13 heteroatoms. The SMILES string of the molecule is CC(C)COc1ccc(CC(=O)N(Cc2ccc(F)cc2)C2CCN(CCC3CCOC(C)(C)O3)CC2)cc1.O=C(O)C(O)C(O)C(=O)O. The summed E-state index contributed by atoms with van der Waals surface area (Å²) in [4.78, 5) is 37.7. The maximum atomic E-state index is 13.6. The zero-order valence-corrected chi connectivity index (χ0v) is 28.8. The number of piperidine rings is 1. The van der Waals surface area contributed by atoms with Crippen molar-refractivity contribution < 1.29 is 53.4 Å². The van der Waals surface area contributed by atoms with Gasteiger partial charge < -0.3 is 44.4 Å². The normalized spacial score (nSPS) is 19.3. The molecular weight excluding hydrogens is 639 g/mol. The average molecular weight is 691 g/mol. The highest BCUT2D eigenvalue weighted by atomic mass is 19.1. The van der Waals surface area contributed by atoms with E-state index >= 15 is 0 Å². The summed E-state index contributed by atoms with van der Waals surface area (Å²) in [5.41, 5.74) is 1.92. The predicted octanol–water partition coefficient (Wildman–Crippen LogP) is 3.71. The van der Waals surface area contributed by atoms with Crippen LogP contribution in [0.25, 0.3) is 0 Å². The van der Waals surface area contributed by atoms with Crippen LogP contribution in [0.4, 0.5) is 4.39 Å². The number of amides is 1. The Labute approximate surface area is 287 Å². The molecule has 2 aliphatic heterocycles. The van der Waals surface area contributed by atoms with Crippen LogP contribution < -0.4 is 4.74 Å². The molecule has 272 valence electrons. The Morgan fingerprint density at radius 1 is 0.939 bits per heavy atom. The van der Waals surface area contributed by atoms with E-state index in [2.05, 4.69) is 18.7 Å². The van der Waals surface area contributed by atoms with E-state index in [1.54, 1.807) is 12.1 Å². The standard InChI is InChI=1S/C32H45FN2O4.C4H6O6/c1-24(2)23-37-29-11-7-25(8-12-29)21-31(36)35(22-26-5-9-27(33)10-6-26)28-13-17-34(18-14-28)19-15-30-16-20-38-32(3,4)39-30;5-1(3(7)8)2(6)4(9)10/h5-12,24,28,30H,13-23H2,1-4H3;1-2,5-6H,(H,7,8)(H,9,10). The minimum Gasteiger partial charge on any atom is -0.493 e. The van der Waals surface area contributed by atoms with Crippen molar-refractivity contribution >= 4 is 17.8 Å². The molecule has 0 saturated carbocycles. The van der Waals surface area contributed by atoms with Gasteiger partial charge in [0, 0.05) is 32.2 Å². The van der Waals surface area contributed by atoms with Crippen molar-refractivity contribution in [2.24, 2.45) is 5.92 Å². The first kappa shape index (κ1) is 39.8. The highest BCUT2D eigenvalue weighted by Gasteiger charge is 2.32. The molecular formula is C36H51FN2O10. The fourth-order valence-corrected chi connectivity index (χ4v) is 5.64. The van der Waals surface area contributed by atoms with Gasteiger partial charge in [-0.05, 0) is 80.8 Å². The van der Waals surface area contributed by atoms with Crippen LogP contribution in [-0.2, 0) is 36.8 Å². The quantitative estimate of drug-likeness (QED) is 0.228. The number of carboxylic acid groups (broad SMARTS) is 2. The van der Waals surface area contributed by atoms with Crippen LogP contribution in [0.5, 0.6) is 5.75 Å². The van der Waals surface area contributed by atoms with Crippen LogP contribution >= 0.6 is 0 Å². The molecule has 2 aliphatic rings. The number of carbonyl (C=O) groups is 3. The number of benzene rings is 2. The highest BCUT2D eigenvalue weighted by Crippen LogP contribution is 2.26. The predicted molar refractivity (Wildman–Crippen MR) is 178 cm³/mol. The van der Waals surface area contributed by atoms with Gasteiger partial charge in [-0.25, -0.2) is 14.0 Å². The van der Waals surface area contributed by atoms with Crippen LogP contribution in [0.3, 0.4) is 0 Å². The number of aliphatic hydroxyl groups excluding tert-OH is 2. The van der Waals surface area contributed by atoms with Gasteiger partial charge in [0.2, 0.25) is 5.91 Å². The number of halogens is 1. The number of hydrogen-bond donors (Lipinski definition) is 4. The highest BCUT2D eigenvalue weighted by molar-refractivity contribution is 5.83. The molecule has 4 rings (SSSR count). The maximum absolute atomic E-state index is 13.6. The molecule has 2 aromatic carbocycles. The molecule has 3 unspecified atom stereocenters. The fraction of sp³-hybridized carbons (Fsp3) is 0.583. The lowest BCUT2D eigenvalue weighted by Crippen LogP contribution is -2.48. The van der Waals surface area contributed by atoms with E-state index < -0.39 is 29.9 Å². The molecule has 2 fully saturated rings. The van der Waals surface area contributed by atoms with Gasteiger partial charge in [0.1, 0.15) is 11.6 Å². The number of nitrogens with zero attached hydrogens (tertiary/aromatic N) is 2. The summed E-state index contributed by atoms with van der Waals surface area (Å²) < 4.78 is 31.1. The average Bonchev–Trinajstić information content (AvgIpc) is 3.06. The van der Waals surface area contributed by atoms with Crippen molar-refractivity contribution in [3.05, 3.63) is 65.5 Å². The van der Waals surface area contributed by atoms with E-state index in [0.29, 0.717) is 25.5 Å². The molecule has 2 saturated heterocycles. The van der Waals surface area contributed by atoms with Gasteiger partial charge in [0.15, 0.2) is 18.0 Å². The van der Waals surface area contributed by atoms with Crippen LogP contribution in [-0.4, -0.2) is 111 Å². The number of ether oxygens (including phenoxy) is 3. The number of carbonyl (C=O) groups excluding carboxylic acids is 1. The van der Waals surface area contributed by atoms with E-state index in [4.69, 9.17) is 34.6 Å². The number of aliphatic hydroxyl groups is 2. The number of carboxylic acids is 2. The molecule has 12 nitrogen and oxygen atoms in total. The van der Waals surface area contributed by atoms with Crippen molar-refractivity contribution in [3.8, 4) is 5.75 Å². The molecule has 0 radical (unpaired) electrons. The first-order valence-corrected chi connectivity index (χ1v) is 16.7. The molecule has 0 bridgehead atoms. The lowest BCUT2D eigenvalue weighted by molar-refractivity contribution is -0.274. The summed E-state index contributed by atoms with van der Waals surface area (Å²) in [5.74, 6) is -2.92. The third-order valence-electron chi connectivity index (χ3n) is 8.36. The molecule has 1 amide bonds. The molecule has 0 spiro atoms. The van der Waals surface area contributed by atoms with Crippen LogP contribution in [0.2, 0.25) is 0 Å². The minimum atomic E-state index is -2.27. The summed E-state index contributed by atoms with van der Waals surface area (Å²) in [7, 11) is 0. The largest absolute Gasteiger partial charge is 0.493 e. The van der Waals surface area contributed by atoms with Crippen molar-refractivity contribution in [1.29, 1.82) is 0 Å². The third-order valence-corrected chi connectivity index (χ3v) is 8.36. The Bertz CT molecular complexity index is 1310. The molecule has 49 heavy (non-hydrogen) atoms. The van der Waals surface area contributed by atoms with Gasteiger partial charge in [0.05, 0.1) is 25.7 Å². The summed E-state index contributed by atoms with van der Waals surface area (Å²) in [5, 5.41) is 32.5. The van der Waals surface area contributed by atoms with Crippen molar-refractivity contribution in [2.75, 3.05) is 32.8 Å². The summed E-state index contributed by atoms with van der Waals surface area (Å²) in [6.07, 6.45) is -0.190. The van der Waals surface area contributed by atoms with Gasteiger partial charge in [0.25, 0.3) is 0 Å². The van der Waals surface area contributed by atoms with Gasteiger partial charge in [-0.3, -0.25) is 4.79 Å². The summed E-state index contributed by atoms with van der Waals surface area (Å²) in [6, 6.07) is 14.5. The monoisotopic (exact) mass is 690 g/mol. The van der Waals surface area contributed by atoms with E-state index in [0.717, 1.165) is 68.8 Å². The lowest BCUT2D eigenvalue weighted by atomic mass is 10.00. The van der Waals surface area contributed by atoms with Crippen molar-refractivity contribution in [1.82, 2.24) is 9.80 Å². The van der Waals surface area contributed by atoms with E-state index in [-0.39, 0.29) is 23.9 Å². The Hall–Kier alpha value is -3.62. The topological polar surface area (TPSA) is 166 Å².